The first-order valence-electron chi connectivity index (χ1n) is 6.08. The number of aromatic nitrogens is 2. The summed E-state index contributed by atoms with van der Waals surface area (Å²) in [6.07, 6.45) is 6.48. The quantitative estimate of drug-likeness (QED) is 0.856. The summed E-state index contributed by atoms with van der Waals surface area (Å²) >= 11 is 0. The maximum absolute atomic E-state index is 12.0. The zero-order valence-corrected chi connectivity index (χ0v) is 9.60. The van der Waals surface area contributed by atoms with Crippen molar-refractivity contribution in [1.82, 2.24) is 14.9 Å². The van der Waals surface area contributed by atoms with Crippen LogP contribution in [0.3, 0.4) is 0 Å². The highest BCUT2D eigenvalue weighted by atomic mass is 16.2. The predicted molar refractivity (Wildman–Crippen MR) is 64.9 cm³/mol. The van der Waals surface area contributed by atoms with Gasteiger partial charge in [-0.3, -0.25) is 4.79 Å². The van der Waals surface area contributed by atoms with E-state index in [0.717, 1.165) is 18.4 Å². The van der Waals surface area contributed by atoms with Crippen molar-refractivity contribution in [2.24, 2.45) is 0 Å². The van der Waals surface area contributed by atoms with E-state index in [2.05, 4.69) is 10.4 Å². The number of nitrogens with zero attached hydrogens (tertiary/aromatic N) is 2. The van der Waals surface area contributed by atoms with Crippen LogP contribution in [-0.4, -0.2) is 21.6 Å². The van der Waals surface area contributed by atoms with Crippen LogP contribution in [0.25, 0.3) is 5.52 Å². The van der Waals surface area contributed by atoms with Crippen molar-refractivity contribution in [2.75, 3.05) is 0 Å². The average Bonchev–Trinajstić information content (AvgIpc) is 2.96. The summed E-state index contributed by atoms with van der Waals surface area (Å²) in [4.78, 5) is 12.0. The van der Waals surface area contributed by atoms with Gasteiger partial charge in [0, 0.05) is 12.2 Å². The third-order valence-corrected chi connectivity index (χ3v) is 3.29. The van der Waals surface area contributed by atoms with Crippen molar-refractivity contribution >= 4 is 11.4 Å². The van der Waals surface area contributed by atoms with Crippen LogP contribution in [0.1, 0.15) is 36.2 Å². The molecule has 0 atom stereocenters. The first-order valence-corrected chi connectivity index (χ1v) is 6.08. The summed E-state index contributed by atoms with van der Waals surface area (Å²) in [6.45, 7) is 0. The monoisotopic (exact) mass is 229 g/mol. The molecule has 0 spiro atoms. The highest BCUT2D eigenvalue weighted by Crippen LogP contribution is 2.18. The minimum atomic E-state index is -0.0550. The van der Waals surface area contributed by atoms with Crippen molar-refractivity contribution in [3.8, 4) is 0 Å². The van der Waals surface area contributed by atoms with Gasteiger partial charge in [-0.25, -0.2) is 4.52 Å². The first-order chi connectivity index (χ1) is 8.33. The largest absolute Gasteiger partial charge is 0.348 e. The van der Waals surface area contributed by atoms with Gasteiger partial charge in [-0.05, 0) is 31.0 Å². The Morgan fingerprint density at radius 3 is 2.94 bits per heavy atom. The second-order valence-corrected chi connectivity index (χ2v) is 4.55. The second-order valence-electron chi connectivity index (χ2n) is 4.55. The number of carbonyl (C=O) groups is 1. The highest BCUT2D eigenvalue weighted by Gasteiger charge is 2.19. The Bertz CT molecular complexity index is 507. The number of carbonyl (C=O) groups excluding carboxylic acids is 1. The van der Waals surface area contributed by atoms with Gasteiger partial charge in [0.2, 0.25) is 0 Å². The van der Waals surface area contributed by atoms with Gasteiger partial charge in [0.1, 0.15) is 0 Å². The number of nitrogens with one attached hydrogen (secondary N) is 1. The second kappa shape index (κ2) is 4.20. The lowest BCUT2D eigenvalue weighted by Crippen LogP contribution is -2.32. The molecule has 1 N–H and O–H groups in total. The molecule has 4 heteroatoms. The molecule has 4 nitrogen and oxygen atoms in total. The van der Waals surface area contributed by atoms with Crippen molar-refractivity contribution < 1.29 is 4.79 Å². The highest BCUT2D eigenvalue weighted by molar-refractivity contribution is 5.93. The molecule has 1 aliphatic rings. The van der Waals surface area contributed by atoms with Gasteiger partial charge in [0.25, 0.3) is 5.91 Å². The Hall–Kier alpha value is -1.84. The Balaban J connectivity index is 1.80. The fourth-order valence-corrected chi connectivity index (χ4v) is 2.38. The maximum Gasteiger partial charge on any atom is 0.272 e. The van der Waals surface area contributed by atoms with Gasteiger partial charge in [0.05, 0.1) is 5.52 Å². The molecule has 1 aliphatic carbocycles. The number of fused-ring (bicyclic) bond motifs is 1. The van der Waals surface area contributed by atoms with E-state index in [4.69, 9.17) is 0 Å². The summed E-state index contributed by atoms with van der Waals surface area (Å²) in [5.74, 6) is -0.0550. The molecule has 2 aromatic heterocycles. The molecule has 0 radical (unpaired) electrons. The van der Waals surface area contributed by atoms with E-state index in [0.29, 0.717) is 11.7 Å². The minimum Gasteiger partial charge on any atom is -0.348 e. The molecule has 1 saturated carbocycles. The SMILES string of the molecule is O=C(NC1CCCC1)c1cc2ccccn2n1. The molecular formula is C13H15N3O. The number of hydrogen-bond acceptors (Lipinski definition) is 2. The van der Waals surface area contributed by atoms with E-state index in [1.807, 2.05) is 30.5 Å². The smallest absolute Gasteiger partial charge is 0.272 e. The van der Waals surface area contributed by atoms with Crippen LogP contribution >= 0.6 is 0 Å². The van der Waals surface area contributed by atoms with Crippen LogP contribution in [0.5, 0.6) is 0 Å². The topological polar surface area (TPSA) is 46.4 Å². The number of pyridine rings is 1. The van der Waals surface area contributed by atoms with Gasteiger partial charge in [0.15, 0.2) is 5.69 Å². The summed E-state index contributed by atoms with van der Waals surface area (Å²) in [5, 5.41) is 7.30. The number of amides is 1. The molecule has 17 heavy (non-hydrogen) atoms. The molecule has 2 aromatic rings. The van der Waals surface area contributed by atoms with Crippen molar-refractivity contribution in [1.29, 1.82) is 0 Å². The molecule has 1 amide bonds. The lowest BCUT2D eigenvalue weighted by Gasteiger charge is -2.09. The third kappa shape index (κ3) is 2.02. The molecule has 3 rings (SSSR count). The van der Waals surface area contributed by atoms with Crippen molar-refractivity contribution in [2.45, 2.75) is 31.7 Å². The molecule has 2 heterocycles. The average molecular weight is 229 g/mol. The molecule has 0 unspecified atom stereocenters. The summed E-state index contributed by atoms with van der Waals surface area (Å²) in [6, 6.07) is 7.95. The molecule has 0 aliphatic heterocycles. The fourth-order valence-electron chi connectivity index (χ4n) is 2.38. The predicted octanol–water partition coefficient (Wildman–Crippen LogP) is 2.01. The van der Waals surface area contributed by atoms with Gasteiger partial charge < -0.3 is 5.32 Å². The normalized spacial score (nSPS) is 16.5. The Morgan fingerprint density at radius 2 is 2.18 bits per heavy atom. The van der Waals surface area contributed by atoms with E-state index in [1.54, 1.807) is 4.52 Å². The maximum atomic E-state index is 12.0. The Labute approximate surface area is 99.6 Å². The summed E-state index contributed by atoms with van der Waals surface area (Å²) in [7, 11) is 0. The first kappa shape index (κ1) is 10.3. The van der Waals surface area contributed by atoms with Gasteiger partial charge in [-0.15, -0.1) is 0 Å². The number of hydrogen-bond donors (Lipinski definition) is 1. The van der Waals surface area contributed by atoms with E-state index in [1.165, 1.54) is 12.8 Å². The Morgan fingerprint density at radius 1 is 1.35 bits per heavy atom. The third-order valence-electron chi connectivity index (χ3n) is 3.29. The van der Waals surface area contributed by atoms with Crippen LogP contribution < -0.4 is 5.32 Å². The fraction of sp³-hybridized carbons (Fsp3) is 0.385. The van der Waals surface area contributed by atoms with Gasteiger partial charge in [-0.1, -0.05) is 18.9 Å². The van der Waals surface area contributed by atoms with E-state index < -0.39 is 0 Å². The number of rotatable bonds is 2. The summed E-state index contributed by atoms with van der Waals surface area (Å²) < 4.78 is 1.73. The molecule has 0 bridgehead atoms. The zero-order valence-electron chi connectivity index (χ0n) is 9.60. The van der Waals surface area contributed by atoms with E-state index in [-0.39, 0.29) is 5.91 Å². The minimum absolute atomic E-state index is 0.0550. The molecule has 0 saturated heterocycles. The molecular weight excluding hydrogens is 214 g/mol. The zero-order chi connectivity index (χ0) is 11.7. The van der Waals surface area contributed by atoms with Crippen LogP contribution in [0.4, 0.5) is 0 Å². The van der Waals surface area contributed by atoms with Crippen LogP contribution in [-0.2, 0) is 0 Å². The molecule has 88 valence electrons. The van der Waals surface area contributed by atoms with E-state index in [9.17, 15) is 4.79 Å². The van der Waals surface area contributed by atoms with Crippen LogP contribution in [0.2, 0.25) is 0 Å². The van der Waals surface area contributed by atoms with Crippen molar-refractivity contribution in [3.63, 3.8) is 0 Å². The standard InChI is InChI=1S/C13H15N3O/c17-13(14-10-5-1-2-6-10)12-9-11-7-3-4-8-16(11)15-12/h3-4,7-10H,1-2,5-6H2,(H,14,17). The van der Waals surface area contributed by atoms with Crippen LogP contribution in [0.15, 0.2) is 30.5 Å². The lowest BCUT2D eigenvalue weighted by molar-refractivity contribution is 0.0932. The molecule has 0 aromatic carbocycles. The van der Waals surface area contributed by atoms with Gasteiger partial charge >= 0.3 is 0 Å². The van der Waals surface area contributed by atoms with E-state index >= 15 is 0 Å². The van der Waals surface area contributed by atoms with Crippen LogP contribution in [0, 0.1) is 0 Å². The Kier molecular flexibility index (Phi) is 2.55. The van der Waals surface area contributed by atoms with Gasteiger partial charge in [-0.2, -0.15) is 5.10 Å². The lowest BCUT2D eigenvalue weighted by atomic mass is 10.2. The molecule has 1 fully saturated rings. The summed E-state index contributed by atoms with van der Waals surface area (Å²) in [5.41, 5.74) is 1.45. The van der Waals surface area contributed by atoms with Crippen molar-refractivity contribution in [3.05, 3.63) is 36.2 Å².